The van der Waals surface area contributed by atoms with Crippen LogP contribution in [0.5, 0.6) is 0 Å². The molecule has 0 bridgehead atoms. The molecule has 7 nitrogen and oxygen atoms in total. The van der Waals surface area contributed by atoms with Gasteiger partial charge in [-0.1, -0.05) is 6.92 Å². The number of rotatable bonds is 6. The van der Waals surface area contributed by atoms with E-state index in [1.165, 1.54) is 12.1 Å². The first-order valence-electron chi connectivity index (χ1n) is 6.02. The SMILES string of the molecule is CCc1nn(C)cc1CNS(=O)(=O)c1ccc(C=O)o1. The number of aromatic nitrogens is 2. The van der Waals surface area contributed by atoms with Crippen LogP contribution in [0.4, 0.5) is 0 Å². The van der Waals surface area contributed by atoms with Gasteiger partial charge in [-0.3, -0.25) is 9.48 Å². The number of nitrogens with zero attached hydrogens (tertiary/aromatic N) is 2. The van der Waals surface area contributed by atoms with E-state index in [0.717, 1.165) is 11.3 Å². The van der Waals surface area contributed by atoms with E-state index in [2.05, 4.69) is 9.82 Å². The van der Waals surface area contributed by atoms with Crippen LogP contribution in [0, 0.1) is 0 Å². The molecule has 0 unspecified atom stereocenters. The van der Waals surface area contributed by atoms with Crippen LogP contribution >= 0.6 is 0 Å². The van der Waals surface area contributed by atoms with E-state index in [9.17, 15) is 13.2 Å². The van der Waals surface area contributed by atoms with E-state index in [4.69, 9.17) is 4.42 Å². The number of carbonyl (C=O) groups is 1. The third-order valence-electron chi connectivity index (χ3n) is 2.76. The maximum Gasteiger partial charge on any atom is 0.274 e. The van der Waals surface area contributed by atoms with Crippen molar-refractivity contribution in [1.29, 1.82) is 0 Å². The van der Waals surface area contributed by atoms with Gasteiger partial charge in [-0.2, -0.15) is 5.10 Å². The van der Waals surface area contributed by atoms with Crippen LogP contribution in [0.2, 0.25) is 0 Å². The predicted molar refractivity (Wildman–Crippen MR) is 70.7 cm³/mol. The molecule has 20 heavy (non-hydrogen) atoms. The van der Waals surface area contributed by atoms with E-state index in [-0.39, 0.29) is 17.4 Å². The summed E-state index contributed by atoms with van der Waals surface area (Å²) in [6.45, 7) is 2.07. The first kappa shape index (κ1) is 14.5. The fourth-order valence-electron chi connectivity index (χ4n) is 1.82. The van der Waals surface area contributed by atoms with Crippen molar-refractivity contribution in [3.8, 4) is 0 Å². The van der Waals surface area contributed by atoms with Gasteiger partial charge in [0.2, 0.25) is 5.09 Å². The number of carbonyl (C=O) groups excluding carboxylic acids is 1. The summed E-state index contributed by atoms with van der Waals surface area (Å²) in [6.07, 6.45) is 2.93. The summed E-state index contributed by atoms with van der Waals surface area (Å²) in [6, 6.07) is 2.55. The minimum Gasteiger partial charge on any atom is -0.440 e. The van der Waals surface area contributed by atoms with Crippen molar-refractivity contribution in [1.82, 2.24) is 14.5 Å². The zero-order chi connectivity index (χ0) is 14.8. The summed E-state index contributed by atoms with van der Waals surface area (Å²) in [5, 5.41) is 3.96. The van der Waals surface area contributed by atoms with Crippen molar-refractivity contribution >= 4 is 16.3 Å². The molecule has 0 aliphatic heterocycles. The summed E-state index contributed by atoms with van der Waals surface area (Å²) >= 11 is 0. The first-order chi connectivity index (χ1) is 9.46. The fourth-order valence-corrected chi connectivity index (χ4v) is 2.76. The minimum atomic E-state index is -3.78. The summed E-state index contributed by atoms with van der Waals surface area (Å²) < 4.78 is 33.0. The Balaban J connectivity index is 2.14. The Hall–Kier alpha value is -1.93. The van der Waals surface area contributed by atoms with Crippen LogP contribution in [-0.2, 0) is 30.0 Å². The van der Waals surface area contributed by atoms with Crippen molar-refractivity contribution in [3.05, 3.63) is 35.3 Å². The van der Waals surface area contributed by atoms with Crippen LogP contribution < -0.4 is 4.72 Å². The number of hydrogen-bond donors (Lipinski definition) is 1. The Labute approximate surface area is 116 Å². The second kappa shape index (κ2) is 5.59. The summed E-state index contributed by atoms with van der Waals surface area (Å²) in [5.74, 6) is -0.0269. The van der Waals surface area contributed by atoms with Gasteiger partial charge in [0.05, 0.1) is 5.69 Å². The molecule has 0 saturated carbocycles. The standard InChI is InChI=1S/C12H15N3O4S/c1-3-11-9(7-15(2)14-11)6-13-20(17,18)12-5-4-10(8-16)19-12/h4-5,7-8,13H,3,6H2,1-2H3. The minimum absolute atomic E-state index is 0.0269. The average molecular weight is 297 g/mol. The highest BCUT2D eigenvalue weighted by Gasteiger charge is 2.19. The van der Waals surface area contributed by atoms with Crippen molar-refractivity contribution in [2.75, 3.05) is 0 Å². The summed E-state index contributed by atoms with van der Waals surface area (Å²) in [4.78, 5) is 10.5. The third kappa shape index (κ3) is 2.97. The Morgan fingerprint density at radius 3 is 2.80 bits per heavy atom. The number of hydrogen-bond acceptors (Lipinski definition) is 5. The number of sulfonamides is 1. The summed E-state index contributed by atoms with van der Waals surface area (Å²) in [7, 11) is -2.00. The van der Waals surface area contributed by atoms with Crippen LogP contribution in [0.25, 0.3) is 0 Å². The van der Waals surface area contributed by atoms with Gasteiger partial charge in [0, 0.05) is 25.4 Å². The van der Waals surface area contributed by atoms with Crippen molar-refractivity contribution in [2.45, 2.75) is 25.0 Å². The molecule has 0 fully saturated rings. The molecule has 0 spiro atoms. The van der Waals surface area contributed by atoms with E-state index >= 15 is 0 Å². The molecular weight excluding hydrogens is 282 g/mol. The number of nitrogens with one attached hydrogen (secondary N) is 1. The smallest absolute Gasteiger partial charge is 0.274 e. The molecule has 2 rings (SSSR count). The maximum atomic E-state index is 12.0. The van der Waals surface area contributed by atoms with Gasteiger partial charge in [0.15, 0.2) is 12.0 Å². The topological polar surface area (TPSA) is 94.2 Å². The molecule has 0 saturated heterocycles. The van der Waals surface area contributed by atoms with Crippen LogP contribution in [-0.4, -0.2) is 24.5 Å². The lowest BCUT2D eigenvalue weighted by Gasteiger charge is -2.03. The van der Waals surface area contributed by atoms with E-state index in [0.29, 0.717) is 12.7 Å². The largest absolute Gasteiger partial charge is 0.440 e. The first-order valence-corrected chi connectivity index (χ1v) is 7.50. The Bertz CT molecular complexity index is 715. The number of aldehydes is 1. The zero-order valence-electron chi connectivity index (χ0n) is 11.2. The van der Waals surface area contributed by atoms with E-state index < -0.39 is 10.0 Å². The normalized spacial score (nSPS) is 11.7. The van der Waals surface area contributed by atoms with E-state index in [1.54, 1.807) is 17.9 Å². The quantitative estimate of drug-likeness (QED) is 0.798. The molecule has 0 aliphatic rings. The molecule has 2 aromatic rings. The molecule has 0 aliphatic carbocycles. The average Bonchev–Trinajstić information content (AvgIpc) is 3.02. The Morgan fingerprint density at radius 2 is 2.20 bits per heavy atom. The van der Waals surface area contributed by atoms with Crippen molar-refractivity contribution in [2.24, 2.45) is 7.05 Å². The fraction of sp³-hybridized carbons (Fsp3) is 0.333. The van der Waals surface area contributed by atoms with E-state index in [1.807, 2.05) is 6.92 Å². The van der Waals surface area contributed by atoms with Crippen molar-refractivity contribution in [3.63, 3.8) is 0 Å². The lowest BCUT2D eigenvalue weighted by Crippen LogP contribution is -2.23. The highest BCUT2D eigenvalue weighted by Crippen LogP contribution is 2.14. The molecule has 2 heterocycles. The van der Waals surface area contributed by atoms with Gasteiger partial charge in [-0.25, -0.2) is 13.1 Å². The van der Waals surface area contributed by atoms with Gasteiger partial charge in [-0.05, 0) is 18.6 Å². The molecule has 108 valence electrons. The molecule has 1 N–H and O–H groups in total. The molecule has 0 amide bonds. The lowest BCUT2D eigenvalue weighted by molar-refractivity contribution is 0.109. The third-order valence-corrected chi connectivity index (χ3v) is 4.04. The van der Waals surface area contributed by atoms with Gasteiger partial charge >= 0.3 is 0 Å². The monoisotopic (exact) mass is 297 g/mol. The Kier molecular flexibility index (Phi) is 4.05. The predicted octanol–water partition coefficient (Wildman–Crippen LogP) is 0.867. The van der Waals surface area contributed by atoms with Gasteiger partial charge < -0.3 is 4.42 Å². The van der Waals surface area contributed by atoms with Crippen LogP contribution in [0.15, 0.2) is 27.8 Å². The molecular formula is C12H15N3O4S. The highest BCUT2D eigenvalue weighted by molar-refractivity contribution is 7.89. The molecule has 8 heteroatoms. The number of furan rings is 1. The zero-order valence-corrected chi connectivity index (χ0v) is 12.0. The van der Waals surface area contributed by atoms with Gasteiger partial charge in [0.1, 0.15) is 0 Å². The maximum absolute atomic E-state index is 12.0. The molecule has 2 aromatic heterocycles. The second-order valence-corrected chi connectivity index (χ2v) is 5.93. The highest BCUT2D eigenvalue weighted by atomic mass is 32.2. The van der Waals surface area contributed by atoms with Crippen molar-refractivity contribution < 1.29 is 17.6 Å². The van der Waals surface area contributed by atoms with Crippen LogP contribution in [0.3, 0.4) is 0 Å². The number of aryl methyl sites for hydroxylation is 2. The molecule has 0 radical (unpaired) electrons. The van der Waals surface area contributed by atoms with Gasteiger partial charge in [-0.15, -0.1) is 0 Å². The molecule has 0 aromatic carbocycles. The molecule has 0 atom stereocenters. The Morgan fingerprint density at radius 1 is 1.45 bits per heavy atom. The second-order valence-electron chi connectivity index (χ2n) is 4.23. The summed E-state index contributed by atoms with van der Waals surface area (Å²) in [5.41, 5.74) is 1.64. The van der Waals surface area contributed by atoms with Gasteiger partial charge in [0.25, 0.3) is 10.0 Å². The lowest BCUT2D eigenvalue weighted by atomic mass is 10.2. The van der Waals surface area contributed by atoms with Crippen LogP contribution in [0.1, 0.15) is 28.7 Å².